The first-order chi connectivity index (χ1) is 8.33. The van der Waals surface area contributed by atoms with Crippen LogP contribution < -0.4 is 10.1 Å². The van der Waals surface area contributed by atoms with Crippen molar-refractivity contribution in [2.45, 2.75) is 39.5 Å². The van der Waals surface area contributed by atoms with Crippen LogP contribution in [0, 0.1) is 6.92 Å². The predicted molar refractivity (Wildman–Crippen MR) is 73.7 cm³/mol. The Morgan fingerprint density at radius 1 is 1.12 bits per heavy atom. The summed E-state index contributed by atoms with van der Waals surface area (Å²) in [6.07, 6.45) is 4.85. The highest BCUT2D eigenvalue weighted by Crippen LogP contribution is 2.12. The van der Waals surface area contributed by atoms with Crippen molar-refractivity contribution in [3.8, 4) is 5.75 Å². The molecule has 1 N–H and O–H groups in total. The largest absolute Gasteiger partial charge is 0.494 e. The summed E-state index contributed by atoms with van der Waals surface area (Å²) >= 11 is 0. The molecule has 17 heavy (non-hydrogen) atoms. The van der Waals surface area contributed by atoms with Gasteiger partial charge in [-0.25, -0.2) is 0 Å². The minimum absolute atomic E-state index is 0.818. The molecule has 0 spiro atoms. The van der Waals surface area contributed by atoms with Gasteiger partial charge in [-0.1, -0.05) is 25.5 Å². The Morgan fingerprint density at radius 2 is 1.94 bits per heavy atom. The van der Waals surface area contributed by atoms with Crippen molar-refractivity contribution in [3.05, 3.63) is 29.8 Å². The van der Waals surface area contributed by atoms with E-state index in [2.05, 4.69) is 31.3 Å². The van der Waals surface area contributed by atoms with Crippen LogP contribution in [0.2, 0.25) is 0 Å². The van der Waals surface area contributed by atoms with E-state index in [4.69, 9.17) is 4.74 Å². The molecule has 0 amide bonds. The summed E-state index contributed by atoms with van der Waals surface area (Å²) in [6.45, 7) is 7.38. The number of benzene rings is 1. The van der Waals surface area contributed by atoms with E-state index in [1.54, 1.807) is 0 Å². The highest BCUT2D eigenvalue weighted by atomic mass is 16.5. The lowest BCUT2D eigenvalue weighted by Crippen LogP contribution is -2.17. The molecule has 1 aromatic rings. The number of hydrogen-bond donors (Lipinski definition) is 1. The standard InChI is InChI=1S/C15H25NO/c1-3-4-10-16-11-5-6-12-17-15-9-7-8-14(2)13-15/h7-9,13,16H,3-6,10-12H2,1-2H3. The average molecular weight is 235 g/mol. The van der Waals surface area contributed by atoms with E-state index >= 15 is 0 Å². The first-order valence-corrected chi connectivity index (χ1v) is 6.73. The Bertz CT molecular complexity index is 299. The molecule has 0 saturated carbocycles. The Hall–Kier alpha value is -1.02. The van der Waals surface area contributed by atoms with Crippen molar-refractivity contribution in [3.63, 3.8) is 0 Å². The minimum atomic E-state index is 0.818. The second kappa shape index (κ2) is 9.06. The summed E-state index contributed by atoms with van der Waals surface area (Å²) in [5.41, 5.74) is 1.25. The summed E-state index contributed by atoms with van der Waals surface area (Å²) in [5.74, 6) is 0.990. The Balaban J connectivity index is 1.97. The van der Waals surface area contributed by atoms with Crippen LogP contribution in [0.15, 0.2) is 24.3 Å². The zero-order valence-electron chi connectivity index (χ0n) is 11.2. The van der Waals surface area contributed by atoms with Crippen LogP contribution in [0.5, 0.6) is 5.75 Å². The molecular weight excluding hydrogens is 210 g/mol. The highest BCUT2D eigenvalue weighted by Gasteiger charge is 1.94. The van der Waals surface area contributed by atoms with E-state index < -0.39 is 0 Å². The normalized spacial score (nSPS) is 10.5. The molecule has 0 atom stereocenters. The fraction of sp³-hybridized carbons (Fsp3) is 0.600. The van der Waals surface area contributed by atoms with Gasteiger partial charge in [0.25, 0.3) is 0 Å². The Labute approximate surface area is 105 Å². The maximum absolute atomic E-state index is 5.69. The molecular formula is C15H25NO. The summed E-state index contributed by atoms with van der Waals surface area (Å²) in [7, 11) is 0. The van der Waals surface area contributed by atoms with E-state index in [1.165, 1.54) is 24.8 Å². The molecule has 2 heteroatoms. The van der Waals surface area contributed by atoms with Crippen molar-refractivity contribution in [1.29, 1.82) is 0 Å². The molecule has 0 unspecified atom stereocenters. The van der Waals surface area contributed by atoms with Gasteiger partial charge in [0, 0.05) is 0 Å². The fourth-order valence-corrected chi connectivity index (χ4v) is 1.67. The molecule has 96 valence electrons. The van der Waals surface area contributed by atoms with Crippen LogP contribution >= 0.6 is 0 Å². The molecule has 0 aliphatic rings. The van der Waals surface area contributed by atoms with Crippen LogP contribution in [-0.4, -0.2) is 19.7 Å². The van der Waals surface area contributed by atoms with Gasteiger partial charge < -0.3 is 10.1 Å². The lowest BCUT2D eigenvalue weighted by atomic mass is 10.2. The van der Waals surface area contributed by atoms with Gasteiger partial charge in [-0.3, -0.25) is 0 Å². The topological polar surface area (TPSA) is 21.3 Å². The van der Waals surface area contributed by atoms with E-state index in [0.29, 0.717) is 0 Å². The van der Waals surface area contributed by atoms with Gasteiger partial charge in [-0.05, 0) is 57.0 Å². The smallest absolute Gasteiger partial charge is 0.119 e. The summed E-state index contributed by atoms with van der Waals surface area (Å²) < 4.78 is 5.69. The van der Waals surface area contributed by atoms with Crippen LogP contribution in [0.1, 0.15) is 38.2 Å². The van der Waals surface area contributed by atoms with Crippen molar-refractivity contribution in [2.75, 3.05) is 19.7 Å². The maximum atomic E-state index is 5.69. The maximum Gasteiger partial charge on any atom is 0.119 e. The van der Waals surface area contributed by atoms with Crippen LogP contribution in [0.25, 0.3) is 0 Å². The zero-order valence-corrected chi connectivity index (χ0v) is 11.2. The monoisotopic (exact) mass is 235 g/mol. The minimum Gasteiger partial charge on any atom is -0.494 e. The van der Waals surface area contributed by atoms with E-state index in [9.17, 15) is 0 Å². The number of hydrogen-bond acceptors (Lipinski definition) is 2. The molecule has 0 aromatic heterocycles. The van der Waals surface area contributed by atoms with Crippen molar-refractivity contribution in [2.24, 2.45) is 0 Å². The van der Waals surface area contributed by atoms with E-state index in [-0.39, 0.29) is 0 Å². The number of rotatable bonds is 9. The molecule has 1 aromatic carbocycles. The quantitative estimate of drug-likeness (QED) is 0.661. The van der Waals surface area contributed by atoms with Gasteiger partial charge in [0.1, 0.15) is 5.75 Å². The average Bonchev–Trinajstić information content (AvgIpc) is 2.33. The number of nitrogens with one attached hydrogen (secondary N) is 1. The SMILES string of the molecule is CCCCNCCCCOc1cccc(C)c1. The first kappa shape index (κ1) is 14.0. The summed E-state index contributed by atoms with van der Waals surface area (Å²) in [4.78, 5) is 0. The highest BCUT2D eigenvalue weighted by molar-refractivity contribution is 5.27. The van der Waals surface area contributed by atoms with Gasteiger partial charge in [0.15, 0.2) is 0 Å². The fourth-order valence-electron chi connectivity index (χ4n) is 1.67. The predicted octanol–water partition coefficient (Wildman–Crippen LogP) is 3.54. The number of ether oxygens (including phenoxy) is 1. The molecule has 0 bridgehead atoms. The third-order valence-corrected chi connectivity index (χ3v) is 2.71. The molecule has 0 aliphatic carbocycles. The van der Waals surface area contributed by atoms with Crippen LogP contribution in [0.4, 0.5) is 0 Å². The second-order valence-corrected chi connectivity index (χ2v) is 4.48. The molecule has 0 saturated heterocycles. The molecule has 2 nitrogen and oxygen atoms in total. The van der Waals surface area contributed by atoms with Gasteiger partial charge in [0.05, 0.1) is 6.61 Å². The van der Waals surface area contributed by atoms with Gasteiger partial charge in [-0.2, -0.15) is 0 Å². The van der Waals surface area contributed by atoms with Crippen LogP contribution in [-0.2, 0) is 0 Å². The number of unbranched alkanes of at least 4 members (excludes halogenated alkanes) is 2. The summed E-state index contributed by atoms with van der Waals surface area (Å²) in [5, 5.41) is 3.44. The molecule has 0 radical (unpaired) electrons. The third kappa shape index (κ3) is 7.01. The van der Waals surface area contributed by atoms with Gasteiger partial charge >= 0.3 is 0 Å². The lowest BCUT2D eigenvalue weighted by Gasteiger charge is -2.07. The molecule has 0 aliphatic heterocycles. The van der Waals surface area contributed by atoms with Gasteiger partial charge in [0.2, 0.25) is 0 Å². The second-order valence-electron chi connectivity index (χ2n) is 4.48. The van der Waals surface area contributed by atoms with Gasteiger partial charge in [-0.15, -0.1) is 0 Å². The first-order valence-electron chi connectivity index (χ1n) is 6.73. The van der Waals surface area contributed by atoms with Crippen molar-refractivity contribution >= 4 is 0 Å². The van der Waals surface area contributed by atoms with Crippen LogP contribution in [0.3, 0.4) is 0 Å². The van der Waals surface area contributed by atoms with Crippen molar-refractivity contribution < 1.29 is 4.74 Å². The number of aryl methyl sites for hydroxylation is 1. The van der Waals surface area contributed by atoms with E-state index in [1.807, 2.05) is 12.1 Å². The van der Waals surface area contributed by atoms with E-state index in [0.717, 1.165) is 31.9 Å². The third-order valence-electron chi connectivity index (χ3n) is 2.71. The lowest BCUT2D eigenvalue weighted by molar-refractivity contribution is 0.305. The Kier molecular flexibility index (Phi) is 7.48. The van der Waals surface area contributed by atoms with Crippen molar-refractivity contribution in [1.82, 2.24) is 5.32 Å². The summed E-state index contributed by atoms with van der Waals surface area (Å²) in [6, 6.07) is 8.23. The molecule has 0 heterocycles. The Morgan fingerprint density at radius 3 is 2.71 bits per heavy atom. The zero-order chi connectivity index (χ0) is 12.3. The molecule has 1 rings (SSSR count). The molecule has 0 fully saturated rings.